The van der Waals surface area contributed by atoms with E-state index in [1.165, 1.54) is 0 Å². The van der Waals surface area contributed by atoms with Gasteiger partial charge >= 0.3 is 5.97 Å². The largest absolute Gasteiger partial charge is 0.465 e. The van der Waals surface area contributed by atoms with Gasteiger partial charge in [-0.05, 0) is 40.0 Å². The van der Waals surface area contributed by atoms with Crippen LogP contribution in [0.2, 0.25) is 0 Å². The second-order valence-electron chi connectivity index (χ2n) is 5.04. The number of ether oxygens (including phenoxy) is 1. The van der Waals surface area contributed by atoms with E-state index in [4.69, 9.17) is 4.74 Å². The van der Waals surface area contributed by atoms with Gasteiger partial charge in [-0.1, -0.05) is 12.1 Å². The number of nitrogens with zero attached hydrogens (tertiary/aromatic N) is 2. The Bertz CT molecular complexity index is 621. The summed E-state index contributed by atoms with van der Waals surface area (Å²) in [6.07, 6.45) is 0. The topological polar surface area (TPSA) is 56.2 Å². The molecule has 108 valence electrons. The molecule has 5 heteroatoms. The third-order valence-corrected chi connectivity index (χ3v) is 3.60. The van der Waals surface area contributed by atoms with Crippen molar-refractivity contribution in [3.05, 3.63) is 30.1 Å². The Morgan fingerprint density at radius 2 is 2.15 bits per heavy atom. The van der Waals surface area contributed by atoms with E-state index in [-0.39, 0.29) is 5.97 Å². The summed E-state index contributed by atoms with van der Waals surface area (Å²) in [5.41, 5.74) is 1.19. The van der Waals surface area contributed by atoms with Crippen molar-refractivity contribution in [2.75, 3.05) is 13.7 Å². The lowest BCUT2D eigenvalue weighted by atomic mass is 10.0. The number of carbonyl (C=O) groups is 1. The highest BCUT2D eigenvalue weighted by molar-refractivity contribution is 5.81. The first-order valence-corrected chi connectivity index (χ1v) is 6.80. The maximum absolute atomic E-state index is 12.2. The molecule has 2 aromatic rings. The standard InChI is InChI=1S/C15H21N3O2/c1-5-20-14(19)15(3,16-4)10-18-11(2)17-12-8-6-7-9-13(12)18/h6-9,16H,5,10H2,1-4H3. The fraction of sp³-hybridized carbons (Fsp3) is 0.467. The predicted molar refractivity (Wildman–Crippen MR) is 78.6 cm³/mol. The number of imidazole rings is 1. The fourth-order valence-electron chi connectivity index (χ4n) is 2.25. The number of carbonyl (C=O) groups excluding carboxylic acids is 1. The molecule has 1 aromatic carbocycles. The molecular weight excluding hydrogens is 254 g/mol. The maximum atomic E-state index is 12.2. The van der Waals surface area contributed by atoms with Crippen molar-refractivity contribution in [2.24, 2.45) is 0 Å². The molecule has 0 aliphatic rings. The Morgan fingerprint density at radius 3 is 2.80 bits per heavy atom. The molecule has 1 atom stereocenters. The summed E-state index contributed by atoms with van der Waals surface area (Å²) < 4.78 is 7.21. The minimum atomic E-state index is -0.774. The van der Waals surface area contributed by atoms with E-state index >= 15 is 0 Å². The second-order valence-corrected chi connectivity index (χ2v) is 5.04. The summed E-state index contributed by atoms with van der Waals surface area (Å²) in [6, 6.07) is 7.92. The molecule has 20 heavy (non-hydrogen) atoms. The van der Waals surface area contributed by atoms with E-state index in [1.807, 2.05) is 49.6 Å². The summed E-state index contributed by atoms with van der Waals surface area (Å²) in [5.74, 6) is 0.636. The highest BCUT2D eigenvalue weighted by Crippen LogP contribution is 2.19. The number of nitrogens with one attached hydrogen (secondary N) is 1. The fourth-order valence-corrected chi connectivity index (χ4v) is 2.25. The van der Waals surface area contributed by atoms with Crippen LogP contribution in [0.4, 0.5) is 0 Å². The lowest BCUT2D eigenvalue weighted by Gasteiger charge is -2.27. The van der Waals surface area contributed by atoms with E-state index in [0.717, 1.165) is 16.9 Å². The third-order valence-electron chi connectivity index (χ3n) is 3.60. The number of aromatic nitrogens is 2. The number of benzene rings is 1. The lowest BCUT2D eigenvalue weighted by Crippen LogP contribution is -2.52. The lowest BCUT2D eigenvalue weighted by molar-refractivity contribution is -0.150. The van der Waals surface area contributed by atoms with Gasteiger partial charge in [-0.2, -0.15) is 0 Å². The predicted octanol–water partition coefficient (Wildman–Crippen LogP) is 1.89. The zero-order valence-electron chi connectivity index (χ0n) is 12.4. The average Bonchev–Trinajstić information content (AvgIpc) is 2.75. The van der Waals surface area contributed by atoms with Crippen LogP contribution in [0.5, 0.6) is 0 Å². The van der Waals surface area contributed by atoms with Crippen LogP contribution < -0.4 is 5.32 Å². The molecule has 0 fully saturated rings. The van der Waals surface area contributed by atoms with Gasteiger partial charge in [0.25, 0.3) is 0 Å². The van der Waals surface area contributed by atoms with E-state index in [2.05, 4.69) is 10.3 Å². The first-order chi connectivity index (χ1) is 9.51. The zero-order chi connectivity index (χ0) is 14.8. The van der Waals surface area contributed by atoms with Crippen LogP contribution in [0.3, 0.4) is 0 Å². The van der Waals surface area contributed by atoms with Crippen molar-refractivity contribution in [2.45, 2.75) is 32.9 Å². The van der Waals surface area contributed by atoms with Crippen molar-refractivity contribution >= 4 is 17.0 Å². The van der Waals surface area contributed by atoms with Crippen molar-refractivity contribution in [3.8, 4) is 0 Å². The van der Waals surface area contributed by atoms with Crippen molar-refractivity contribution in [1.82, 2.24) is 14.9 Å². The molecule has 0 saturated heterocycles. The van der Waals surface area contributed by atoms with E-state index < -0.39 is 5.54 Å². The number of hydrogen-bond acceptors (Lipinski definition) is 4. The molecular formula is C15H21N3O2. The maximum Gasteiger partial charge on any atom is 0.327 e. The molecule has 1 aromatic heterocycles. The highest BCUT2D eigenvalue weighted by Gasteiger charge is 2.34. The smallest absolute Gasteiger partial charge is 0.327 e. The van der Waals surface area contributed by atoms with E-state index in [0.29, 0.717) is 13.2 Å². The van der Waals surface area contributed by atoms with Gasteiger partial charge in [0.2, 0.25) is 0 Å². The molecule has 0 aliphatic carbocycles. The SMILES string of the molecule is CCOC(=O)C(C)(Cn1c(C)nc2ccccc21)NC. The molecule has 0 aliphatic heterocycles. The van der Waals surface area contributed by atoms with E-state index in [9.17, 15) is 4.79 Å². The molecule has 1 heterocycles. The Labute approximate surface area is 118 Å². The summed E-state index contributed by atoms with van der Waals surface area (Å²) in [7, 11) is 1.77. The molecule has 2 rings (SSSR count). The van der Waals surface area contributed by atoms with Crippen LogP contribution >= 0.6 is 0 Å². The molecule has 0 amide bonds. The van der Waals surface area contributed by atoms with Crippen molar-refractivity contribution in [3.63, 3.8) is 0 Å². The number of fused-ring (bicyclic) bond motifs is 1. The number of likely N-dealkylation sites (N-methyl/N-ethyl adjacent to an activating group) is 1. The van der Waals surface area contributed by atoms with Crippen LogP contribution in [0.25, 0.3) is 11.0 Å². The van der Waals surface area contributed by atoms with Crippen LogP contribution in [-0.4, -0.2) is 34.7 Å². The molecule has 0 saturated carbocycles. The van der Waals surface area contributed by atoms with Crippen LogP contribution in [0, 0.1) is 6.92 Å². The number of esters is 1. The van der Waals surface area contributed by atoms with Gasteiger partial charge in [-0.15, -0.1) is 0 Å². The van der Waals surface area contributed by atoms with Gasteiger partial charge in [-0.3, -0.25) is 0 Å². The molecule has 0 spiro atoms. The minimum Gasteiger partial charge on any atom is -0.465 e. The summed E-state index contributed by atoms with van der Waals surface area (Å²) in [4.78, 5) is 16.7. The summed E-state index contributed by atoms with van der Waals surface area (Å²) >= 11 is 0. The first kappa shape index (κ1) is 14.5. The number of aryl methyl sites for hydroxylation is 1. The average molecular weight is 275 g/mol. The van der Waals surface area contributed by atoms with Gasteiger partial charge in [0.1, 0.15) is 11.4 Å². The third kappa shape index (κ3) is 2.54. The quantitative estimate of drug-likeness (QED) is 0.847. The van der Waals surface area contributed by atoms with Crippen LogP contribution in [0.15, 0.2) is 24.3 Å². The van der Waals surface area contributed by atoms with Crippen molar-refractivity contribution < 1.29 is 9.53 Å². The number of para-hydroxylation sites is 2. The van der Waals surface area contributed by atoms with Gasteiger partial charge < -0.3 is 14.6 Å². The molecule has 0 radical (unpaired) electrons. The first-order valence-electron chi connectivity index (χ1n) is 6.80. The monoisotopic (exact) mass is 275 g/mol. The highest BCUT2D eigenvalue weighted by atomic mass is 16.5. The second kappa shape index (κ2) is 5.63. The summed E-state index contributed by atoms with van der Waals surface area (Å²) in [5, 5.41) is 3.07. The zero-order valence-corrected chi connectivity index (χ0v) is 12.4. The number of hydrogen-bond donors (Lipinski definition) is 1. The van der Waals surface area contributed by atoms with Gasteiger partial charge in [0.05, 0.1) is 24.2 Å². The Kier molecular flexibility index (Phi) is 4.09. The molecule has 1 unspecified atom stereocenters. The van der Waals surface area contributed by atoms with Crippen LogP contribution in [0.1, 0.15) is 19.7 Å². The molecule has 0 bridgehead atoms. The van der Waals surface area contributed by atoms with Gasteiger partial charge in [0, 0.05) is 0 Å². The molecule has 1 N–H and O–H groups in total. The molecule has 5 nitrogen and oxygen atoms in total. The van der Waals surface area contributed by atoms with E-state index in [1.54, 1.807) is 7.05 Å². The normalized spacial score (nSPS) is 14.2. The Morgan fingerprint density at radius 1 is 1.45 bits per heavy atom. The Hall–Kier alpha value is -1.88. The van der Waals surface area contributed by atoms with Gasteiger partial charge in [-0.25, -0.2) is 9.78 Å². The minimum absolute atomic E-state index is 0.250. The van der Waals surface area contributed by atoms with Crippen LogP contribution in [-0.2, 0) is 16.1 Å². The number of rotatable bonds is 5. The Balaban J connectivity index is 2.39. The van der Waals surface area contributed by atoms with Crippen molar-refractivity contribution in [1.29, 1.82) is 0 Å². The van der Waals surface area contributed by atoms with Gasteiger partial charge in [0.15, 0.2) is 0 Å². The summed E-state index contributed by atoms with van der Waals surface area (Å²) in [6.45, 7) is 6.46.